The smallest absolute Gasteiger partial charge is 0.373 e. The molecule has 0 radical (unpaired) electrons. The fourth-order valence-corrected chi connectivity index (χ4v) is 4.26. The van der Waals surface area contributed by atoms with Crippen LogP contribution in [0.1, 0.15) is 40.7 Å². The molecule has 0 aliphatic carbocycles. The number of hydrogen-bond acceptors (Lipinski definition) is 12. The zero-order valence-corrected chi connectivity index (χ0v) is 24.1. The van der Waals surface area contributed by atoms with Gasteiger partial charge in [0.25, 0.3) is 0 Å². The molecule has 14 nitrogen and oxygen atoms in total. The molecule has 1 aliphatic heterocycles. The van der Waals surface area contributed by atoms with E-state index < -0.39 is 72.7 Å². The highest BCUT2D eigenvalue weighted by Gasteiger charge is 2.49. The molecule has 0 fully saturated rings. The summed E-state index contributed by atoms with van der Waals surface area (Å²) in [6, 6.07) is 7.19. The fraction of sp³-hybridized carbons (Fsp3) is 0.464. The second-order valence-electron chi connectivity index (χ2n) is 9.76. The Morgan fingerprint density at radius 3 is 2.24 bits per heavy atom. The Labute approximate surface area is 242 Å². The number of methoxy groups -OCH3 is 1. The van der Waals surface area contributed by atoms with Gasteiger partial charge in [0.15, 0.2) is 18.3 Å². The lowest BCUT2D eigenvalue weighted by atomic mass is 9.91. The standard InChI is InChI=1S/C28H34N4O10/c1-15(2)27(36)29-24-21(32-13-20(30-31-32)19-10-8-7-9-11-19)12-22(28(37)38-6)42-26(24)25(41-18(5)35)23(40-17(4)34)14-39-16(3)33/h7-13,15,21,23-26H,14H2,1-6H3,(H,29,36)/t21-,23?,24+,25+,26+/m0/s1. The van der Waals surface area contributed by atoms with Gasteiger partial charge in [-0.05, 0) is 6.08 Å². The van der Waals surface area contributed by atoms with Gasteiger partial charge < -0.3 is 29.0 Å². The highest BCUT2D eigenvalue weighted by molar-refractivity contribution is 5.86. The lowest BCUT2D eigenvalue weighted by Gasteiger charge is -2.41. The zero-order chi connectivity index (χ0) is 31.0. The summed E-state index contributed by atoms with van der Waals surface area (Å²) in [5.74, 6) is -4.29. The van der Waals surface area contributed by atoms with E-state index in [1.54, 1.807) is 20.0 Å². The van der Waals surface area contributed by atoms with Crippen LogP contribution in [0, 0.1) is 5.92 Å². The minimum absolute atomic E-state index is 0.287. The summed E-state index contributed by atoms with van der Waals surface area (Å²) in [5, 5.41) is 11.4. The third kappa shape index (κ3) is 8.15. The van der Waals surface area contributed by atoms with Crippen molar-refractivity contribution < 1.29 is 47.7 Å². The van der Waals surface area contributed by atoms with Crippen LogP contribution in [-0.4, -0.2) is 82.8 Å². The maximum Gasteiger partial charge on any atom is 0.373 e. The topological polar surface area (TPSA) is 174 Å². The van der Waals surface area contributed by atoms with E-state index in [2.05, 4.69) is 15.6 Å². The minimum Gasteiger partial charge on any atom is -0.477 e. The molecule has 2 aromatic rings. The number of nitrogens with zero attached hydrogens (tertiary/aromatic N) is 3. The van der Waals surface area contributed by atoms with Crippen molar-refractivity contribution in [1.29, 1.82) is 0 Å². The number of carbonyl (C=O) groups is 5. The molecule has 226 valence electrons. The third-order valence-corrected chi connectivity index (χ3v) is 6.17. The van der Waals surface area contributed by atoms with E-state index in [1.165, 1.54) is 10.8 Å². The van der Waals surface area contributed by atoms with E-state index in [1.807, 2.05) is 30.3 Å². The van der Waals surface area contributed by atoms with Crippen LogP contribution in [0.25, 0.3) is 11.3 Å². The summed E-state index contributed by atoms with van der Waals surface area (Å²) in [7, 11) is 1.15. The van der Waals surface area contributed by atoms with Crippen LogP contribution in [0.2, 0.25) is 0 Å². The first-order chi connectivity index (χ1) is 19.9. The van der Waals surface area contributed by atoms with Crippen LogP contribution in [0.3, 0.4) is 0 Å². The molecule has 2 heterocycles. The molecule has 0 saturated heterocycles. The average Bonchev–Trinajstić information content (AvgIpc) is 3.44. The molecule has 1 aromatic heterocycles. The summed E-state index contributed by atoms with van der Waals surface area (Å²) in [6.07, 6.45) is -1.21. The maximum absolute atomic E-state index is 13.1. The van der Waals surface area contributed by atoms with E-state index >= 15 is 0 Å². The number of amides is 1. The number of carbonyl (C=O) groups excluding carboxylic acids is 5. The van der Waals surface area contributed by atoms with Gasteiger partial charge in [-0.25, -0.2) is 9.48 Å². The molecule has 1 aromatic carbocycles. The van der Waals surface area contributed by atoms with Crippen molar-refractivity contribution in [3.05, 3.63) is 48.4 Å². The molecule has 1 amide bonds. The predicted octanol–water partition coefficient (Wildman–Crippen LogP) is 1.51. The van der Waals surface area contributed by atoms with Gasteiger partial charge in [0, 0.05) is 32.3 Å². The number of aromatic nitrogens is 3. The lowest BCUT2D eigenvalue weighted by molar-refractivity contribution is -0.188. The molecular weight excluding hydrogens is 552 g/mol. The molecule has 0 bridgehead atoms. The van der Waals surface area contributed by atoms with Gasteiger partial charge in [-0.2, -0.15) is 0 Å². The van der Waals surface area contributed by atoms with E-state index in [9.17, 15) is 24.0 Å². The number of benzene rings is 1. The van der Waals surface area contributed by atoms with Crippen molar-refractivity contribution in [3.63, 3.8) is 0 Å². The Bertz CT molecular complexity index is 1320. The molecular formula is C28H34N4O10. The van der Waals surface area contributed by atoms with Crippen LogP contribution in [0.15, 0.2) is 48.4 Å². The normalized spacial score (nSPS) is 19.4. The van der Waals surface area contributed by atoms with E-state index in [0.29, 0.717) is 5.69 Å². The van der Waals surface area contributed by atoms with Crippen LogP contribution in [-0.2, 0) is 47.7 Å². The molecule has 5 atom stereocenters. The van der Waals surface area contributed by atoms with Crippen LogP contribution in [0.4, 0.5) is 0 Å². The lowest BCUT2D eigenvalue weighted by Crippen LogP contribution is -2.60. The van der Waals surface area contributed by atoms with Gasteiger partial charge in [-0.15, -0.1) is 5.10 Å². The SMILES string of the molecule is COC(=O)C1=C[C@H](n2cc(-c3ccccc3)nn2)[C@@H](NC(=O)C(C)C)[C@H]([C@H](OC(C)=O)C(COC(C)=O)OC(C)=O)O1. The molecule has 42 heavy (non-hydrogen) atoms. The van der Waals surface area contributed by atoms with Crippen LogP contribution in [0.5, 0.6) is 0 Å². The predicted molar refractivity (Wildman–Crippen MR) is 144 cm³/mol. The minimum atomic E-state index is -1.48. The number of rotatable bonds is 11. The second-order valence-corrected chi connectivity index (χ2v) is 9.76. The summed E-state index contributed by atoms with van der Waals surface area (Å²) < 4.78 is 28.4. The van der Waals surface area contributed by atoms with Crippen LogP contribution >= 0.6 is 0 Å². The molecule has 14 heteroatoms. The largest absolute Gasteiger partial charge is 0.477 e. The van der Waals surface area contributed by atoms with E-state index in [0.717, 1.165) is 33.4 Å². The molecule has 0 saturated carbocycles. The second kappa shape index (κ2) is 14.2. The summed E-state index contributed by atoms with van der Waals surface area (Å²) in [4.78, 5) is 61.8. The van der Waals surface area contributed by atoms with Gasteiger partial charge in [0.05, 0.1) is 25.4 Å². The van der Waals surface area contributed by atoms with Gasteiger partial charge in [-0.3, -0.25) is 19.2 Å². The van der Waals surface area contributed by atoms with Crippen LogP contribution < -0.4 is 5.32 Å². The van der Waals surface area contributed by atoms with Gasteiger partial charge in [-0.1, -0.05) is 49.4 Å². The first-order valence-electron chi connectivity index (χ1n) is 13.1. The number of nitrogens with one attached hydrogen (secondary N) is 1. The van der Waals surface area contributed by atoms with E-state index in [-0.39, 0.29) is 5.76 Å². The first-order valence-corrected chi connectivity index (χ1v) is 13.1. The Morgan fingerprint density at radius 2 is 1.67 bits per heavy atom. The molecule has 1 N–H and O–H groups in total. The Morgan fingerprint density at radius 1 is 1.00 bits per heavy atom. The quantitative estimate of drug-likeness (QED) is 0.297. The van der Waals surface area contributed by atoms with Crippen molar-refractivity contribution in [3.8, 4) is 11.3 Å². The van der Waals surface area contributed by atoms with Gasteiger partial charge >= 0.3 is 23.9 Å². The third-order valence-electron chi connectivity index (χ3n) is 6.17. The first kappa shape index (κ1) is 31.8. The summed E-state index contributed by atoms with van der Waals surface area (Å²) in [5.41, 5.74) is 1.27. The Balaban J connectivity index is 2.19. The zero-order valence-electron chi connectivity index (χ0n) is 24.1. The van der Waals surface area contributed by atoms with Crippen molar-refractivity contribution >= 4 is 29.8 Å². The summed E-state index contributed by atoms with van der Waals surface area (Å²) >= 11 is 0. The van der Waals surface area contributed by atoms with E-state index in [4.69, 9.17) is 23.7 Å². The molecule has 3 rings (SSSR count). The fourth-order valence-electron chi connectivity index (χ4n) is 4.26. The molecule has 1 unspecified atom stereocenters. The molecule has 0 spiro atoms. The molecule has 1 aliphatic rings. The van der Waals surface area contributed by atoms with Crippen molar-refractivity contribution in [2.45, 2.75) is 65.0 Å². The maximum atomic E-state index is 13.1. The average molecular weight is 587 g/mol. The van der Waals surface area contributed by atoms with Crippen molar-refractivity contribution in [1.82, 2.24) is 20.3 Å². The highest BCUT2D eigenvalue weighted by atomic mass is 16.6. The van der Waals surface area contributed by atoms with Crippen molar-refractivity contribution in [2.24, 2.45) is 5.92 Å². The Hall–Kier alpha value is -4.75. The highest BCUT2D eigenvalue weighted by Crippen LogP contribution is 2.33. The number of ether oxygens (including phenoxy) is 5. The summed E-state index contributed by atoms with van der Waals surface area (Å²) in [6.45, 7) is 6.22. The number of esters is 4. The number of hydrogen-bond donors (Lipinski definition) is 1. The van der Waals surface area contributed by atoms with Gasteiger partial charge in [0.1, 0.15) is 12.3 Å². The van der Waals surface area contributed by atoms with Gasteiger partial charge in [0.2, 0.25) is 11.7 Å². The Kier molecular flexibility index (Phi) is 10.8. The monoisotopic (exact) mass is 586 g/mol. The van der Waals surface area contributed by atoms with Crippen molar-refractivity contribution in [2.75, 3.05) is 13.7 Å².